The fourth-order valence-electron chi connectivity index (χ4n) is 8.85. The van der Waals surface area contributed by atoms with Gasteiger partial charge >= 0.3 is 67.1 Å². The molecule has 0 radical (unpaired) electrons. The van der Waals surface area contributed by atoms with Crippen LogP contribution in [-0.4, -0.2) is 11.6 Å². The summed E-state index contributed by atoms with van der Waals surface area (Å²) in [7, 11) is 0. The molecule has 0 unspecified atom stereocenters. The summed E-state index contributed by atoms with van der Waals surface area (Å²) >= 11 is 1.29. The Hall–Kier alpha value is -2.43. The maximum absolute atomic E-state index is 11.4. The summed E-state index contributed by atoms with van der Waals surface area (Å²) in [6, 6.07) is 41.8. The molecule has 0 aliphatic heterocycles. The van der Waals surface area contributed by atoms with Crippen LogP contribution < -0.4 is 24.8 Å². The van der Waals surface area contributed by atoms with Crippen LogP contribution in [0, 0.1) is 11.8 Å². The molecule has 59 heavy (non-hydrogen) atoms. The second-order valence-corrected chi connectivity index (χ2v) is 25.9. The van der Waals surface area contributed by atoms with E-state index in [9.17, 15) is 13.2 Å². The Morgan fingerprint density at radius 1 is 0.610 bits per heavy atom. The molecule has 0 N–H and O–H groups in total. The van der Waals surface area contributed by atoms with Gasteiger partial charge in [0.2, 0.25) is 0 Å². The molecule has 0 spiro atoms. The van der Waals surface area contributed by atoms with Crippen molar-refractivity contribution in [2.24, 2.45) is 11.8 Å². The minimum Gasteiger partial charge on any atom is -1.00 e. The van der Waals surface area contributed by atoms with E-state index in [1.807, 2.05) is 6.55 Å². The van der Waals surface area contributed by atoms with E-state index in [0.717, 1.165) is 11.8 Å². The topological polar surface area (TPSA) is 0 Å². The van der Waals surface area contributed by atoms with Crippen LogP contribution >= 0.6 is 0 Å². The molecule has 8 rings (SSSR count). The summed E-state index contributed by atoms with van der Waals surface area (Å²) in [6.07, 6.45) is 9.42. The van der Waals surface area contributed by atoms with Crippen LogP contribution in [-0.2, 0) is 36.2 Å². The summed E-state index contributed by atoms with van der Waals surface area (Å²) in [5, 5.41) is 5.63. The molecule has 2 aliphatic carbocycles. The van der Waals surface area contributed by atoms with Gasteiger partial charge in [-0.15, -0.1) is 69.1 Å². The quantitative estimate of drug-likeness (QED) is 0.0949. The zero-order valence-electron chi connectivity index (χ0n) is 35.6. The van der Waals surface area contributed by atoms with Gasteiger partial charge < -0.3 is 24.8 Å². The number of halogens is 5. The smallest absolute Gasteiger partial charge is 1.00 e. The predicted octanol–water partition coefficient (Wildman–Crippen LogP) is 10.3. The minimum atomic E-state index is -3.93. The van der Waals surface area contributed by atoms with Gasteiger partial charge in [0.25, 0.3) is 0 Å². The van der Waals surface area contributed by atoms with Gasteiger partial charge in [0, 0.05) is 0 Å². The van der Waals surface area contributed by atoms with Crippen molar-refractivity contribution in [2.75, 3.05) is 0 Å². The number of benzene rings is 4. The molecule has 0 saturated heterocycles. The third kappa shape index (κ3) is 14.3. The number of fused-ring (bicyclic) bond motifs is 2. The first kappa shape index (κ1) is 49.2. The second kappa shape index (κ2) is 23.1. The van der Waals surface area contributed by atoms with E-state index in [-0.39, 0.29) is 24.8 Å². The van der Waals surface area contributed by atoms with E-state index in [2.05, 4.69) is 137 Å². The fraction of sp³-hybridized carbons (Fsp3) is 0.423. The number of rotatable bonds is 10. The third-order valence-corrected chi connectivity index (χ3v) is 15.0. The molecule has 6 aromatic carbocycles. The molecular formula is C52H61Cl2F3SiZr-2. The molecule has 2 fully saturated rings. The van der Waals surface area contributed by atoms with Crippen LogP contribution in [0.2, 0.25) is 12.6 Å². The molecule has 2 saturated carbocycles. The molecular weight excluding hydrogens is 872 g/mol. The normalized spacial score (nSPS) is 14.5. The standard InChI is InChI=1S/2C24H27.C4H7F3Si.2ClH.Zr/c2*1-17(2)20-10-12-21(13-11-20)23-9-5-8-22-15-19(16-24(22)23)14-18-6-3-4-7-18;1-8-3-2-4(5,6)7;;;/h2*5,8-13,15-18H,3-4,6-7,14H2,1-2H3;2-3H2,1H3;2*1H;/q2*-1;;;;+2/p-2. The molecule has 0 bridgehead atoms. The maximum atomic E-state index is 11.4. The second-order valence-electron chi connectivity index (χ2n) is 17.5. The maximum Gasteiger partial charge on any atom is -1.00 e. The van der Waals surface area contributed by atoms with Crippen molar-refractivity contribution >= 4 is 27.0 Å². The average molecular weight is 933 g/mol. The van der Waals surface area contributed by atoms with Crippen molar-refractivity contribution in [3.63, 3.8) is 0 Å². The van der Waals surface area contributed by atoms with Gasteiger partial charge in [0.1, 0.15) is 0 Å². The average Bonchev–Trinajstić information content (AvgIpc) is 4.03. The largest absolute Gasteiger partial charge is 1.00 e. The Morgan fingerprint density at radius 3 is 1.29 bits per heavy atom. The van der Waals surface area contributed by atoms with E-state index < -0.39 is 18.0 Å². The Bertz CT molecular complexity index is 2040. The predicted molar refractivity (Wildman–Crippen MR) is 237 cm³/mol. The Morgan fingerprint density at radius 2 is 0.983 bits per heavy atom. The van der Waals surface area contributed by atoms with Crippen LogP contribution in [0.25, 0.3) is 43.8 Å². The van der Waals surface area contributed by atoms with Crippen molar-refractivity contribution in [1.29, 1.82) is 0 Å². The Labute approximate surface area is 380 Å². The molecule has 0 heterocycles. The van der Waals surface area contributed by atoms with E-state index in [0.29, 0.717) is 17.9 Å². The summed E-state index contributed by atoms with van der Waals surface area (Å²) in [5.74, 6) is 3.00. The molecule has 0 amide bonds. The first-order valence-corrected chi connectivity index (χ1v) is 27.4. The van der Waals surface area contributed by atoms with Crippen LogP contribution in [0.15, 0.2) is 109 Å². The monoisotopic (exact) mass is 930 g/mol. The zero-order chi connectivity index (χ0) is 40.5. The molecule has 6 aromatic rings. The third-order valence-electron chi connectivity index (χ3n) is 12.2. The summed E-state index contributed by atoms with van der Waals surface area (Å²) in [5.41, 5.74) is 10.7. The van der Waals surface area contributed by atoms with Crippen molar-refractivity contribution < 1.29 is 61.3 Å². The van der Waals surface area contributed by atoms with Gasteiger partial charge in [-0.3, -0.25) is 0 Å². The number of hydrogen-bond acceptors (Lipinski definition) is 0. The van der Waals surface area contributed by atoms with Crippen molar-refractivity contribution in [3.05, 3.63) is 131 Å². The summed E-state index contributed by atoms with van der Waals surface area (Å²) < 4.78 is 34.3. The Kier molecular flexibility index (Phi) is 19.3. The zero-order valence-corrected chi connectivity index (χ0v) is 40.5. The van der Waals surface area contributed by atoms with E-state index in [1.54, 1.807) is 0 Å². The van der Waals surface area contributed by atoms with Crippen molar-refractivity contribution in [1.82, 2.24) is 0 Å². The molecule has 0 nitrogen and oxygen atoms in total. The van der Waals surface area contributed by atoms with Gasteiger partial charge in [-0.1, -0.05) is 151 Å². The van der Waals surface area contributed by atoms with Gasteiger partial charge in [0.05, 0.1) is 0 Å². The SMILES string of the molecule is CC(C)c1ccc(-c2cccc3[cH-]c(CC4CCCC4)cc23)cc1.CC(C)c1ccc(-c2cccc3[cH-]c(CC4CCCC4)cc23)cc1.C[Si](=[Zr+2])CCC(F)(F)F.[Cl-].[Cl-]. The van der Waals surface area contributed by atoms with Crippen LogP contribution in [0.3, 0.4) is 0 Å². The number of hydrogen-bond donors (Lipinski definition) is 0. The molecule has 0 atom stereocenters. The van der Waals surface area contributed by atoms with E-state index in [1.165, 1.54) is 154 Å². The fourth-order valence-corrected chi connectivity index (χ4v) is 10.4. The van der Waals surface area contributed by atoms with Gasteiger partial charge in [-0.25, -0.2) is 0 Å². The van der Waals surface area contributed by atoms with Crippen molar-refractivity contribution in [3.8, 4) is 22.3 Å². The summed E-state index contributed by atoms with van der Waals surface area (Å²) in [4.78, 5) is 0. The van der Waals surface area contributed by atoms with Crippen LogP contribution in [0.4, 0.5) is 13.2 Å². The first-order valence-electron chi connectivity index (χ1n) is 21.5. The summed E-state index contributed by atoms with van der Waals surface area (Å²) in [6.45, 7) is 10.9. The van der Waals surface area contributed by atoms with Gasteiger partial charge in [-0.2, -0.15) is 12.1 Å². The van der Waals surface area contributed by atoms with Gasteiger partial charge in [-0.05, 0) is 58.8 Å². The first-order chi connectivity index (χ1) is 27.3. The van der Waals surface area contributed by atoms with Crippen LogP contribution in [0.1, 0.15) is 120 Å². The van der Waals surface area contributed by atoms with Gasteiger partial charge in [0.15, 0.2) is 0 Å². The Balaban J connectivity index is 0.000000211. The molecule has 314 valence electrons. The van der Waals surface area contributed by atoms with Crippen LogP contribution in [0.5, 0.6) is 0 Å². The minimum absolute atomic E-state index is 0. The number of alkyl halides is 3. The molecule has 0 aromatic heterocycles. The molecule has 2 aliphatic rings. The molecule has 7 heteroatoms. The van der Waals surface area contributed by atoms with E-state index >= 15 is 0 Å². The van der Waals surface area contributed by atoms with E-state index in [4.69, 9.17) is 0 Å². The van der Waals surface area contributed by atoms with Crippen molar-refractivity contribution in [2.45, 2.75) is 129 Å².